The lowest BCUT2D eigenvalue weighted by molar-refractivity contribution is 0.768. The van der Waals surface area contributed by atoms with Gasteiger partial charge in [-0.3, -0.25) is 0 Å². The molecule has 20 aromatic carbocycles. The highest BCUT2D eigenvalue weighted by Gasteiger charge is 2.57. The van der Waals surface area contributed by atoms with Crippen LogP contribution in [0.4, 0.5) is 34.1 Å². The molecule has 0 N–H and O–H groups in total. The number of nitrogens with zero attached hydrogens (tertiary/aromatic N) is 2. The lowest BCUT2D eigenvalue weighted by Crippen LogP contribution is -2.29. The van der Waals surface area contributed by atoms with Crippen molar-refractivity contribution < 1.29 is 0 Å². The molecule has 126 heavy (non-hydrogen) atoms. The molecule has 0 aromatic heterocycles. The summed E-state index contributed by atoms with van der Waals surface area (Å²) in [6.07, 6.45) is 0. The van der Waals surface area contributed by atoms with Crippen LogP contribution in [0, 0.1) is 0 Å². The van der Waals surface area contributed by atoms with Gasteiger partial charge in [0.2, 0.25) is 0 Å². The minimum absolute atomic E-state index is 0.554. The van der Waals surface area contributed by atoms with Gasteiger partial charge in [-0.25, -0.2) is 0 Å². The molecule has 586 valence electrons. The van der Waals surface area contributed by atoms with Gasteiger partial charge < -0.3 is 9.80 Å². The molecule has 2 heteroatoms. The van der Waals surface area contributed by atoms with Crippen LogP contribution in [0.25, 0.3) is 100 Å². The van der Waals surface area contributed by atoms with E-state index in [9.17, 15) is 0 Å². The maximum Gasteiger partial charge on any atom is 0.0746 e. The molecular formula is C124H80N2. The van der Waals surface area contributed by atoms with E-state index in [1.165, 1.54) is 167 Å². The molecule has 0 amide bonds. The van der Waals surface area contributed by atoms with E-state index in [1.807, 2.05) is 0 Å². The third-order valence-corrected chi connectivity index (χ3v) is 28.9. The Morgan fingerprint density at radius 3 is 0.817 bits per heavy atom. The standard InChI is InChI=1S/C124H80N2/c1-6-34-81(35-7-1)82-66-71-90(72-67-82)125(91-73-76-113-104(79-91)99-50-20-24-54-106(99)121(113,86-38-10-3-11-39-86)87-40-12-4-13-41-87)117-62-32-52-101-96-47-19-29-59-111(96)124(119(101)117)112-60-30-22-49-98(112)103-78-85(68-75-115(103)124)83-64-69-89(70-65-83)122(88-42-14-5-15-43-88)107-55-25-21-51-100(107)105-80-92(74-77-114(105)122)126(116-61-31-23-44-93(116)84-36-8-2-9-37-84)118-63-33-53-102-97-48-18-28-58-110(97)123(120(102)118)108-56-26-16-45-94(108)95-46-17-27-57-109(95)123/h1-80H. The Balaban J connectivity index is 0.632. The molecule has 20 aromatic rings. The Morgan fingerprint density at radius 2 is 0.381 bits per heavy atom. The van der Waals surface area contributed by atoms with Crippen LogP contribution >= 0.6 is 0 Å². The molecule has 0 saturated heterocycles. The van der Waals surface area contributed by atoms with Gasteiger partial charge in [0.25, 0.3) is 0 Å². The topological polar surface area (TPSA) is 6.48 Å². The smallest absolute Gasteiger partial charge is 0.0746 e. The van der Waals surface area contributed by atoms with Crippen molar-refractivity contribution in [3.63, 3.8) is 0 Å². The van der Waals surface area contributed by atoms with Gasteiger partial charge in [0, 0.05) is 33.8 Å². The average Bonchev–Trinajstić information content (AvgIpc) is 1.54. The van der Waals surface area contributed by atoms with E-state index in [-0.39, 0.29) is 0 Å². The molecule has 0 saturated carbocycles. The fourth-order valence-electron chi connectivity index (χ4n) is 24.0. The first kappa shape index (κ1) is 71.7. The first-order valence-corrected chi connectivity index (χ1v) is 44.1. The van der Waals surface area contributed by atoms with E-state index in [0.29, 0.717) is 0 Å². The van der Waals surface area contributed by atoms with Gasteiger partial charge in [0.1, 0.15) is 0 Å². The van der Waals surface area contributed by atoms with Gasteiger partial charge in [-0.05, 0) is 233 Å². The number of para-hydroxylation sites is 1. The number of anilines is 6. The second-order valence-corrected chi connectivity index (χ2v) is 34.6. The van der Waals surface area contributed by atoms with E-state index in [1.54, 1.807) is 0 Å². The molecule has 2 atom stereocenters. The monoisotopic (exact) mass is 1600 g/mol. The summed E-state index contributed by atoms with van der Waals surface area (Å²) in [6, 6.07) is 184. The molecule has 0 heterocycles. The van der Waals surface area contributed by atoms with Gasteiger partial charge in [0.05, 0.1) is 38.7 Å². The molecule has 26 rings (SSSR count). The molecule has 0 radical (unpaired) electrons. The molecule has 2 spiro atoms. The Hall–Kier alpha value is -16.0. The molecule has 0 bridgehead atoms. The number of hydrogen-bond acceptors (Lipinski definition) is 2. The van der Waals surface area contributed by atoms with E-state index >= 15 is 0 Å². The van der Waals surface area contributed by atoms with Crippen LogP contribution in [0.1, 0.15) is 89.0 Å². The zero-order valence-corrected chi connectivity index (χ0v) is 69.1. The van der Waals surface area contributed by atoms with Crippen molar-refractivity contribution in [3.05, 3.63) is 574 Å². The summed E-state index contributed by atoms with van der Waals surface area (Å²) in [5.74, 6) is 0. The van der Waals surface area contributed by atoms with Crippen molar-refractivity contribution in [2.24, 2.45) is 0 Å². The van der Waals surface area contributed by atoms with Crippen molar-refractivity contribution in [2.75, 3.05) is 9.80 Å². The number of rotatable bonds is 13. The maximum atomic E-state index is 2.61. The minimum atomic E-state index is -0.713. The van der Waals surface area contributed by atoms with Gasteiger partial charge in [0.15, 0.2) is 0 Å². The van der Waals surface area contributed by atoms with Gasteiger partial charge in [-0.2, -0.15) is 0 Å². The van der Waals surface area contributed by atoms with E-state index in [0.717, 1.165) is 56.4 Å². The molecular weight excluding hydrogens is 1520 g/mol. The molecule has 2 unspecified atom stereocenters. The Kier molecular flexibility index (Phi) is 15.8. The minimum Gasteiger partial charge on any atom is -0.310 e. The SMILES string of the molecule is c1ccc(-c2ccc(N(c3ccc4c(c3)-c3ccccc3C4(c3ccccc3)c3ccccc3)c3cccc4c3C3(c5ccccc5-c5cc(-c6ccc(C7(c8ccccc8)c8ccccc8-c8cc(N(c9ccccc9-c9ccccc9)c9cccc%10c9C9(c%11ccccc%11-c%11ccccc%119)c9ccccc9-%10)ccc87)cc6)ccc53)c3ccccc3-4)cc2)cc1. The Labute approximate surface area is 734 Å². The van der Waals surface area contributed by atoms with Crippen molar-refractivity contribution in [1.29, 1.82) is 0 Å². The summed E-state index contributed by atoms with van der Waals surface area (Å²) >= 11 is 0. The van der Waals surface area contributed by atoms with E-state index in [4.69, 9.17) is 0 Å². The van der Waals surface area contributed by atoms with Crippen LogP contribution in [-0.2, 0) is 21.7 Å². The zero-order valence-electron chi connectivity index (χ0n) is 69.1. The summed E-state index contributed by atoms with van der Waals surface area (Å²) in [6.45, 7) is 0. The van der Waals surface area contributed by atoms with Crippen LogP contribution in [-0.4, -0.2) is 0 Å². The maximum absolute atomic E-state index is 2.61. The van der Waals surface area contributed by atoms with E-state index in [2.05, 4.69) is 495 Å². The predicted molar refractivity (Wildman–Crippen MR) is 519 cm³/mol. The highest BCUT2D eigenvalue weighted by atomic mass is 15.2. The third kappa shape index (κ3) is 9.81. The van der Waals surface area contributed by atoms with Gasteiger partial charge in [-0.15, -0.1) is 0 Å². The largest absolute Gasteiger partial charge is 0.310 e. The summed E-state index contributed by atoms with van der Waals surface area (Å²) in [5, 5.41) is 0. The molecule has 6 aliphatic carbocycles. The average molecular weight is 1600 g/mol. The van der Waals surface area contributed by atoms with Crippen LogP contribution in [0.3, 0.4) is 0 Å². The zero-order chi connectivity index (χ0) is 82.8. The number of hydrogen-bond donors (Lipinski definition) is 0. The molecule has 0 fully saturated rings. The number of benzene rings is 20. The van der Waals surface area contributed by atoms with Crippen molar-refractivity contribution >= 4 is 34.1 Å². The molecule has 2 nitrogen and oxygen atoms in total. The first-order chi connectivity index (χ1) is 62.5. The van der Waals surface area contributed by atoms with Gasteiger partial charge >= 0.3 is 0 Å². The lowest BCUT2D eigenvalue weighted by Gasteiger charge is -2.37. The molecule has 0 aliphatic heterocycles. The van der Waals surface area contributed by atoms with Crippen LogP contribution in [0.2, 0.25) is 0 Å². The van der Waals surface area contributed by atoms with Crippen LogP contribution in [0.5, 0.6) is 0 Å². The fraction of sp³-hybridized carbons (Fsp3) is 0.0323. The second kappa shape index (κ2) is 27.8. The van der Waals surface area contributed by atoms with Crippen molar-refractivity contribution in [1.82, 2.24) is 0 Å². The normalized spacial score (nSPS) is 15.7. The summed E-state index contributed by atoms with van der Waals surface area (Å²) in [7, 11) is 0. The summed E-state index contributed by atoms with van der Waals surface area (Å²) in [4.78, 5) is 5.18. The predicted octanol–water partition coefficient (Wildman–Crippen LogP) is 31.0. The van der Waals surface area contributed by atoms with Crippen LogP contribution < -0.4 is 9.80 Å². The Morgan fingerprint density at radius 1 is 0.127 bits per heavy atom. The third-order valence-electron chi connectivity index (χ3n) is 28.9. The number of fused-ring (bicyclic) bond motifs is 26. The van der Waals surface area contributed by atoms with Crippen LogP contribution in [0.15, 0.2) is 485 Å². The second-order valence-electron chi connectivity index (χ2n) is 34.6. The van der Waals surface area contributed by atoms with Gasteiger partial charge in [-0.1, -0.05) is 425 Å². The fourth-order valence-corrected chi connectivity index (χ4v) is 24.0. The van der Waals surface area contributed by atoms with Crippen molar-refractivity contribution in [3.8, 4) is 100 Å². The lowest BCUT2D eigenvalue weighted by atomic mass is 9.67. The highest BCUT2D eigenvalue weighted by molar-refractivity contribution is 6.05. The molecule has 6 aliphatic rings. The summed E-state index contributed by atoms with van der Waals surface area (Å²) < 4.78 is 0. The quantitative estimate of drug-likeness (QED) is 0.114. The highest BCUT2D eigenvalue weighted by Crippen LogP contribution is 2.70. The van der Waals surface area contributed by atoms with E-state index < -0.39 is 21.7 Å². The Bertz CT molecular complexity index is 7720. The van der Waals surface area contributed by atoms with Crippen molar-refractivity contribution in [2.45, 2.75) is 21.7 Å². The summed E-state index contributed by atoms with van der Waals surface area (Å²) in [5.41, 5.74) is 46.3. The first-order valence-electron chi connectivity index (χ1n) is 44.1.